The lowest BCUT2D eigenvalue weighted by Gasteiger charge is -2.08. The van der Waals surface area contributed by atoms with Crippen LogP contribution < -0.4 is 0 Å². The Kier molecular flexibility index (Phi) is 6.77. The number of halogens is 2. The second-order valence-electron chi connectivity index (χ2n) is 4.94. The van der Waals surface area contributed by atoms with Gasteiger partial charge in [-0.15, -0.1) is 0 Å². The van der Waals surface area contributed by atoms with E-state index in [4.69, 9.17) is 0 Å². The Morgan fingerprint density at radius 3 is 2.20 bits per heavy atom. The van der Waals surface area contributed by atoms with Gasteiger partial charge in [-0.3, -0.25) is 4.79 Å². The molecule has 0 radical (unpaired) electrons. The van der Waals surface area contributed by atoms with Crippen LogP contribution in [0.25, 0.3) is 5.70 Å². The zero-order valence-corrected chi connectivity index (χ0v) is 15.0. The third kappa shape index (κ3) is 4.70. The second kappa shape index (κ2) is 9.03. The Labute approximate surface area is 153 Å². The van der Waals surface area contributed by atoms with E-state index in [1.54, 1.807) is 48.5 Å². The highest BCUT2D eigenvalue weighted by Crippen LogP contribution is 2.25. The van der Waals surface area contributed by atoms with Crippen molar-refractivity contribution >= 4 is 39.6 Å². The van der Waals surface area contributed by atoms with Gasteiger partial charge in [-0.25, -0.2) is 14.2 Å². The number of carbonyl (C=O) groups is 2. The molecule has 0 heterocycles. The number of aliphatic imine (C=N–C) groups is 1. The van der Waals surface area contributed by atoms with Crippen LogP contribution in [0.15, 0.2) is 64.1 Å². The van der Waals surface area contributed by atoms with E-state index >= 15 is 0 Å². The summed E-state index contributed by atoms with van der Waals surface area (Å²) in [6.45, 7) is -0.785. The summed E-state index contributed by atoms with van der Waals surface area (Å²) in [6, 6.07) is 15.2. The van der Waals surface area contributed by atoms with Crippen LogP contribution in [-0.4, -0.2) is 31.8 Å². The molecule has 0 amide bonds. The maximum atomic E-state index is 13.5. The SMILES string of the molecule is COC(=O)c1ccc(/C(N=C(CF)c2ccccc2)=C(/Br)C=O)cc1. The molecule has 0 aliphatic heterocycles. The molecular formula is C19H15BrFNO3. The fraction of sp³-hybridized carbons (Fsp3) is 0.105. The molecule has 0 N–H and O–H groups in total. The van der Waals surface area contributed by atoms with E-state index in [-0.39, 0.29) is 15.9 Å². The topological polar surface area (TPSA) is 55.7 Å². The van der Waals surface area contributed by atoms with Gasteiger partial charge in [-0.1, -0.05) is 42.5 Å². The van der Waals surface area contributed by atoms with E-state index in [9.17, 15) is 14.0 Å². The largest absolute Gasteiger partial charge is 0.465 e. The first-order chi connectivity index (χ1) is 12.1. The number of carbonyl (C=O) groups excluding carboxylic acids is 2. The lowest BCUT2D eigenvalue weighted by molar-refractivity contribution is -0.104. The first-order valence-corrected chi connectivity index (χ1v) is 8.12. The third-order valence-corrected chi connectivity index (χ3v) is 3.95. The van der Waals surface area contributed by atoms with Crippen LogP contribution in [0.2, 0.25) is 0 Å². The van der Waals surface area contributed by atoms with Crippen molar-refractivity contribution in [3.05, 3.63) is 75.8 Å². The van der Waals surface area contributed by atoms with Gasteiger partial charge >= 0.3 is 5.97 Å². The quantitative estimate of drug-likeness (QED) is 0.314. The van der Waals surface area contributed by atoms with Gasteiger partial charge in [0.15, 0.2) is 6.29 Å². The van der Waals surface area contributed by atoms with Crippen molar-refractivity contribution in [2.24, 2.45) is 4.99 Å². The number of hydrogen-bond donors (Lipinski definition) is 0. The van der Waals surface area contributed by atoms with Gasteiger partial charge in [0.2, 0.25) is 0 Å². The zero-order valence-electron chi connectivity index (χ0n) is 13.4. The molecule has 0 aliphatic carbocycles. The fourth-order valence-electron chi connectivity index (χ4n) is 2.13. The maximum Gasteiger partial charge on any atom is 0.337 e. The van der Waals surface area contributed by atoms with Gasteiger partial charge in [-0.2, -0.15) is 0 Å². The van der Waals surface area contributed by atoms with Crippen molar-refractivity contribution in [2.75, 3.05) is 13.8 Å². The highest BCUT2D eigenvalue weighted by Gasteiger charge is 2.12. The molecule has 4 nitrogen and oxygen atoms in total. The van der Waals surface area contributed by atoms with Crippen molar-refractivity contribution < 1.29 is 18.7 Å². The lowest BCUT2D eigenvalue weighted by Crippen LogP contribution is -2.05. The number of nitrogens with zero attached hydrogens (tertiary/aromatic N) is 1. The lowest BCUT2D eigenvalue weighted by atomic mass is 10.1. The van der Waals surface area contributed by atoms with Crippen molar-refractivity contribution in [3.8, 4) is 0 Å². The van der Waals surface area contributed by atoms with E-state index in [0.717, 1.165) is 0 Å². The van der Waals surface area contributed by atoms with Crippen LogP contribution in [0.1, 0.15) is 21.5 Å². The normalized spacial score (nSPS) is 12.4. The predicted molar refractivity (Wildman–Crippen MR) is 98.6 cm³/mol. The van der Waals surface area contributed by atoms with E-state index in [2.05, 4.69) is 25.7 Å². The molecule has 0 saturated carbocycles. The minimum Gasteiger partial charge on any atom is -0.465 e. The van der Waals surface area contributed by atoms with Crippen LogP contribution in [0.5, 0.6) is 0 Å². The Morgan fingerprint density at radius 2 is 1.68 bits per heavy atom. The number of alkyl halides is 1. The molecule has 0 unspecified atom stereocenters. The number of esters is 1. The van der Waals surface area contributed by atoms with Gasteiger partial charge in [0.25, 0.3) is 0 Å². The average Bonchev–Trinajstić information content (AvgIpc) is 2.68. The van der Waals surface area contributed by atoms with Crippen LogP contribution in [0.4, 0.5) is 4.39 Å². The zero-order chi connectivity index (χ0) is 18.2. The second-order valence-corrected chi connectivity index (χ2v) is 5.80. The molecule has 128 valence electrons. The molecule has 2 aromatic rings. The predicted octanol–water partition coefficient (Wildman–Crippen LogP) is 4.19. The number of hydrogen-bond acceptors (Lipinski definition) is 4. The molecule has 2 rings (SSSR count). The molecule has 6 heteroatoms. The number of allylic oxidation sites excluding steroid dienone is 1. The Bertz CT molecular complexity index is 814. The summed E-state index contributed by atoms with van der Waals surface area (Å²) in [5, 5.41) is 0. The molecule has 0 atom stereocenters. The van der Waals surface area contributed by atoms with Crippen molar-refractivity contribution in [1.29, 1.82) is 0 Å². The Balaban J connectivity index is 2.49. The van der Waals surface area contributed by atoms with Gasteiger partial charge < -0.3 is 4.74 Å². The Morgan fingerprint density at radius 1 is 1.08 bits per heavy atom. The van der Waals surface area contributed by atoms with Crippen molar-refractivity contribution in [2.45, 2.75) is 0 Å². The first-order valence-electron chi connectivity index (χ1n) is 7.33. The number of aldehydes is 1. The molecule has 0 spiro atoms. The minimum absolute atomic E-state index is 0.181. The summed E-state index contributed by atoms with van der Waals surface area (Å²) in [6.07, 6.45) is 0.591. The van der Waals surface area contributed by atoms with Gasteiger partial charge in [0.1, 0.15) is 6.67 Å². The highest BCUT2D eigenvalue weighted by atomic mass is 79.9. The smallest absolute Gasteiger partial charge is 0.337 e. The minimum atomic E-state index is -0.785. The number of ether oxygens (including phenoxy) is 1. The number of rotatable bonds is 6. The first kappa shape index (κ1) is 18.7. The van der Waals surface area contributed by atoms with Crippen LogP contribution in [0, 0.1) is 0 Å². The molecule has 25 heavy (non-hydrogen) atoms. The summed E-state index contributed by atoms with van der Waals surface area (Å²) in [5.41, 5.74) is 2.04. The molecule has 0 bridgehead atoms. The molecule has 0 saturated heterocycles. The van der Waals surface area contributed by atoms with Crippen LogP contribution in [0.3, 0.4) is 0 Å². The van der Waals surface area contributed by atoms with E-state index in [0.29, 0.717) is 23.0 Å². The standard InChI is InChI=1S/C19H15BrFNO3/c1-25-19(24)15-9-7-14(8-10-15)18(16(20)12-23)22-17(11-21)13-5-3-2-4-6-13/h2-10,12H,11H2,1H3/b18-16-,22-17?. The fourth-order valence-corrected chi connectivity index (χ4v) is 2.45. The maximum absolute atomic E-state index is 13.5. The number of benzene rings is 2. The summed E-state index contributed by atoms with van der Waals surface area (Å²) in [4.78, 5) is 27.0. The number of methoxy groups -OCH3 is 1. The third-order valence-electron chi connectivity index (χ3n) is 3.39. The van der Waals surface area contributed by atoms with Gasteiger partial charge in [0.05, 0.1) is 28.6 Å². The van der Waals surface area contributed by atoms with Crippen LogP contribution >= 0.6 is 15.9 Å². The molecule has 2 aromatic carbocycles. The van der Waals surface area contributed by atoms with Gasteiger partial charge in [0, 0.05) is 5.56 Å². The molecule has 0 aromatic heterocycles. The summed E-state index contributed by atoms with van der Waals surface area (Å²) >= 11 is 3.16. The Hall–Kier alpha value is -2.60. The van der Waals surface area contributed by atoms with Crippen molar-refractivity contribution in [1.82, 2.24) is 0 Å². The molecular weight excluding hydrogens is 389 g/mol. The van der Waals surface area contributed by atoms with Crippen molar-refractivity contribution in [3.63, 3.8) is 0 Å². The summed E-state index contributed by atoms with van der Waals surface area (Å²) in [7, 11) is 1.29. The highest BCUT2D eigenvalue weighted by molar-refractivity contribution is 9.12. The molecule has 0 aliphatic rings. The molecule has 0 fully saturated rings. The van der Waals surface area contributed by atoms with E-state index in [1.165, 1.54) is 7.11 Å². The summed E-state index contributed by atoms with van der Waals surface area (Å²) in [5.74, 6) is -0.469. The average molecular weight is 404 g/mol. The van der Waals surface area contributed by atoms with Gasteiger partial charge in [-0.05, 0) is 33.6 Å². The monoisotopic (exact) mass is 403 g/mol. The van der Waals surface area contributed by atoms with E-state index < -0.39 is 12.6 Å². The van der Waals surface area contributed by atoms with Crippen LogP contribution in [-0.2, 0) is 9.53 Å². The summed E-state index contributed by atoms with van der Waals surface area (Å²) < 4.78 is 18.3. The van der Waals surface area contributed by atoms with E-state index in [1.807, 2.05) is 6.07 Å².